The van der Waals surface area contributed by atoms with E-state index in [1.165, 1.54) is 40.7 Å². The van der Waals surface area contributed by atoms with Gasteiger partial charge in [0.1, 0.15) is 0 Å². The highest BCUT2D eigenvalue weighted by atomic mass is 16.1. The third-order valence-corrected chi connectivity index (χ3v) is 7.62. The Bertz CT molecular complexity index is 1080. The van der Waals surface area contributed by atoms with E-state index in [0.717, 1.165) is 57.5 Å². The average molecular weight is 453 g/mol. The quantitative estimate of drug-likeness (QED) is 0.452. The van der Waals surface area contributed by atoms with Crippen LogP contribution in [0.4, 0.5) is 0 Å². The fraction of sp³-hybridized carbons (Fsp3) is 0.387. The molecule has 3 nitrogen and oxygen atoms in total. The molecular formula is C31H36N2O. The zero-order valence-electron chi connectivity index (χ0n) is 20.1. The molecule has 0 aromatic heterocycles. The van der Waals surface area contributed by atoms with E-state index in [1.807, 2.05) is 0 Å². The molecule has 0 aliphatic carbocycles. The zero-order valence-corrected chi connectivity index (χ0v) is 20.1. The van der Waals surface area contributed by atoms with Crippen LogP contribution in [0.15, 0.2) is 72.8 Å². The standard InChI is InChI=1S/C31H36N2O/c34-31(30-12-11-28-14-18-32-19-15-29(28)22-30)13-8-24-16-20-33(21-17-24)23-25-6-9-27(10-7-25)26-4-2-1-3-5-26/h1-7,9-12,22,24,32H,8,13-21,23H2. The highest BCUT2D eigenvalue weighted by Gasteiger charge is 2.21. The van der Waals surface area contributed by atoms with Crippen LogP contribution in [-0.2, 0) is 19.4 Å². The molecule has 0 spiro atoms. The Kier molecular flexibility index (Phi) is 7.52. The highest BCUT2D eigenvalue weighted by molar-refractivity contribution is 5.96. The number of ketones is 1. The Hall–Kier alpha value is -2.75. The molecule has 3 heteroatoms. The van der Waals surface area contributed by atoms with Gasteiger partial charge in [-0.2, -0.15) is 0 Å². The molecule has 2 aliphatic heterocycles. The molecule has 0 saturated carbocycles. The fourth-order valence-electron chi connectivity index (χ4n) is 5.45. The van der Waals surface area contributed by atoms with Gasteiger partial charge in [0.05, 0.1) is 0 Å². The van der Waals surface area contributed by atoms with Crippen LogP contribution in [0, 0.1) is 5.92 Å². The zero-order chi connectivity index (χ0) is 23.2. The number of carbonyl (C=O) groups excluding carboxylic acids is 1. The summed E-state index contributed by atoms with van der Waals surface area (Å²) in [5.41, 5.74) is 7.61. The molecule has 176 valence electrons. The minimum Gasteiger partial charge on any atom is -0.316 e. The molecule has 2 aliphatic rings. The van der Waals surface area contributed by atoms with E-state index in [4.69, 9.17) is 0 Å². The first-order valence-corrected chi connectivity index (χ1v) is 13.0. The monoisotopic (exact) mass is 452 g/mol. The average Bonchev–Trinajstić information content (AvgIpc) is 3.14. The second kappa shape index (κ2) is 11.1. The molecule has 2 heterocycles. The molecular weight excluding hydrogens is 416 g/mol. The van der Waals surface area contributed by atoms with E-state index in [0.29, 0.717) is 18.1 Å². The second-order valence-electron chi connectivity index (χ2n) is 9.98. The van der Waals surface area contributed by atoms with Crippen molar-refractivity contribution in [1.82, 2.24) is 10.2 Å². The molecule has 34 heavy (non-hydrogen) atoms. The summed E-state index contributed by atoms with van der Waals surface area (Å²) in [5, 5.41) is 3.45. The number of nitrogens with zero attached hydrogens (tertiary/aromatic N) is 1. The Labute approximate surface area is 204 Å². The molecule has 0 radical (unpaired) electrons. The molecule has 1 N–H and O–H groups in total. The van der Waals surface area contributed by atoms with Gasteiger partial charge in [0.25, 0.3) is 0 Å². The molecule has 0 unspecified atom stereocenters. The number of likely N-dealkylation sites (tertiary alicyclic amines) is 1. The van der Waals surface area contributed by atoms with Gasteiger partial charge in [-0.3, -0.25) is 9.69 Å². The first-order valence-electron chi connectivity index (χ1n) is 13.0. The van der Waals surface area contributed by atoms with E-state index in [1.54, 1.807) is 0 Å². The van der Waals surface area contributed by atoms with Gasteiger partial charge in [-0.1, -0.05) is 66.7 Å². The summed E-state index contributed by atoms with van der Waals surface area (Å²) in [6, 6.07) is 26.0. The number of rotatable bonds is 7. The predicted molar refractivity (Wildman–Crippen MR) is 140 cm³/mol. The Morgan fingerprint density at radius 1 is 0.824 bits per heavy atom. The van der Waals surface area contributed by atoms with Gasteiger partial charge in [-0.25, -0.2) is 0 Å². The third-order valence-electron chi connectivity index (χ3n) is 7.62. The molecule has 0 amide bonds. The summed E-state index contributed by atoms with van der Waals surface area (Å²) >= 11 is 0. The van der Waals surface area contributed by atoms with E-state index in [2.05, 4.69) is 83.0 Å². The summed E-state index contributed by atoms with van der Waals surface area (Å²) in [6.07, 6.45) is 6.21. The van der Waals surface area contributed by atoms with Crippen molar-refractivity contribution in [2.45, 2.75) is 45.1 Å². The van der Waals surface area contributed by atoms with Gasteiger partial charge in [0.15, 0.2) is 5.78 Å². The number of piperidine rings is 1. The van der Waals surface area contributed by atoms with Crippen molar-refractivity contribution in [3.63, 3.8) is 0 Å². The first kappa shape index (κ1) is 23.0. The summed E-state index contributed by atoms with van der Waals surface area (Å²) < 4.78 is 0. The number of hydrogen-bond acceptors (Lipinski definition) is 3. The summed E-state index contributed by atoms with van der Waals surface area (Å²) in [5.74, 6) is 0.992. The maximum atomic E-state index is 12.9. The van der Waals surface area contributed by atoms with Gasteiger partial charge in [-0.05, 0) is 98.1 Å². The lowest BCUT2D eigenvalue weighted by Crippen LogP contribution is -2.33. The van der Waals surface area contributed by atoms with E-state index in [-0.39, 0.29) is 0 Å². The van der Waals surface area contributed by atoms with Crippen LogP contribution in [0.2, 0.25) is 0 Å². The minimum absolute atomic E-state index is 0.320. The second-order valence-corrected chi connectivity index (χ2v) is 9.98. The number of fused-ring (bicyclic) bond motifs is 1. The minimum atomic E-state index is 0.320. The molecule has 5 rings (SSSR count). The number of benzene rings is 3. The molecule has 3 aromatic carbocycles. The van der Waals surface area contributed by atoms with Crippen LogP contribution in [-0.4, -0.2) is 36.9 Å². The van der Waals surface area contributed by atoms with Crippen molar-refractivity contribution < 1.29 is 4.79 Å². The highest BCUT2D eigenvalue weighted by Crippen LogP contribution is 2.26. The molecule has 0 bridgehead atoms. The van der Waals surface area contributed by atoms with Crippen molar-refractivity contribution in [3.05, 3.63) is 95.1 Å². The smallest absolute Gasteiger partial charge is 0.162 e. The lowest BCUT2D eigenvalue weighted by molar-refractivity contribution is 0.0961. The normalized spacial score (nSPS) is 17.2. The van der Waals surface area contributed by atoms with Crippen LogP contribution >= 0.6 is 0 Å². The van der Waals surface area contributed by atoms with Gasteiger partial charge >= 0.3 is 0 Å². The lowest BCUT2D eigenvalue weighted by atomic mass is 9.89. The number of hydrogen-bond donors (Lipinski definition) is 1. The van der Waals surface area contributed by atoms with Crippen molar-refractivity contribution in [1.29, 1.82) is 0 Å². The Balaban J connectivity index is 1.07. The van der Waals surface area contributed by atoms with Crippen molar-refractivity contribution in [2.75, 3.05) is 26.2 Å². The Morgan fingerprint density at radius 3 is 2.29 bits per heavy atom. The van der Waals surface area contributed by atoms with Crippen LogP contribution in [0.25, 0.3) is 11.1 Å². The summed E-state index contributed by atoms with van der Waals surface area (Å²) in [7, 11) is 0. The van der Waals surface area contributed by atoms with Crippen molar-refractivity contribution in [2.24, 2.45) is 5.92 Å². The summed E-state index contributed by atoms with van der Waals surface area (Å²) in [6.45, 7) is 5.33. The van der Waals surface area contributed by atoms with Gasteiger partial charge in [0.2, 0.25) is 0 Å². The van der Waals surface area contributed by atoms with E-state index >= 15 is 0 Å². The maximum Gasteiger partial charge on any atom is 0.162 e. The third kappa shape index (κ3) is 5.84. The fourth-order valence-corrected chi connectivity index (χ4v) is 5.45. The van der Waals surface area contributed by atoms with Crippen LogP contribution in [0.1, 0.15) is 52.7 Å². The lowest BCUT2D eigenvalue weighted by Gasteiger charge is -2.32. The van der Waals surface area contributed by atoms with Crippen LogP contribution < -0.4 is 5.32 Å². The van der Waals surface area contributed by atoms with Crippen LogP contribution in [0.5, 0.6) is 0 Å². The molecule has 1 saturated heterocycles. The van der Waals surface area contributed by atoms with E-state index in [9.17, 15) is 4.79 Å². The largest absolute Gasteiger partial charge is 0.316 e. The molecule has 0 atom stereocenters. The number of Topliss-reactive ketones (excluding diaryl/α,β-unsaturated/α-hetero) is 1. The number of nitrogens with one attached hydrogen (secondary N) is 1. The predicted octanol–water partition coefficient (Wildman–Crippen LogP) is 5.92. The van der Waals surface area contributed by atoms with Crippen LogP contribution in [0.3, 0.4) is 0 Å². The SMILES string of the molecule is O=C(CCC1CCN(Cc2ccc(-c3ccccc3)cc2)CC1)c1ccc2c(c1)CCNCC2. The number of carbonyl (C=O) groups is 1. The first-order chi connectivity index (χ1) is 16.7. The molecule has 1 fully saturated rings. The maximum absolute atomic E-state index is 12.9. The van der Waals surface area contributed by atoms with Gasteiger partial charge in [0, 0.05) is 18.5 Å². The van der Waals surface area contributed by atoms with E-state index < -0.39 is 0 Å². The topological polar surface area (TPSA) is 32.3 Å². The summed E-state index contributed by atoms with van der Waals surface area (Å²) in [4.78, 5) is 15.4. The van der Waals surface area contributed by atoms with Gasteiger partial charge in [-0.15, -0.1) is 0 Å². The van der Waals surface area contributed by atoms with Crippen molar-refractivity contribution >= 4 is 5.78 Å². The molecule has 3 aromatic rings. The van der Waals surface area contributed by atoms with Gasteiger partial charge < -0.3 is 5.32 Å². The van der Waals surface area contributed by atoms with Crippen molar-refractivity contribution in [3.8, 4) is 11.1 Å². The Morgan fingerprint density at radius 2 is 1.53 bits per heavy atom.